The van der Waals surface area contributed by atoms with E-state index < -0.39 is 5.91 Å². The number of nitrogens with zero attached hydrogens (tertiary/aromatic N) is 2. The highest BCUT2D eigenvalue weighted by Crippen LogP contribution is 2.39. The molecule has 0 aromatic heterocycles. The summed E-state index contributed by atoms with van der Waals surface area (Å²) in [5.74, 6) is -0.825. The number of halogens is 2. The number of hydrogen-bond acceptors (Lipinski definition) is 3. The Labute approximate surface area is 177 Å². The Balaban J connectivity index is 1.60. The van der Waals surface area contributed by atoms with E-state index in [0.717, 1.165) is 34.4 Å². The van der Waals surface area contributed by atoms with E-state index in [4.69, 9.17) is 28.9 Å². The fourth-order valence-corrected chi connectivity index (χ4v) is 4.42. The van der Waals surface area contributed by atoms with Crippen molar-refractivity contribution >= 4 is 52.8 Å². The summed E-state index contributed by atoms with van der Waals surface area (Å²) in [6.07, 6.45) is 4.47. The zero-order valence-corrected chi connectivity index (χ0v) is 16.8. The van der Waals surface area contributed by atoms with Gasteiger partial charge in [-0.1, -0.05) is 41.4 Å². The molecule has 1 atom stereocenters. The van der Waals surface area contributed by atoms with Crippen LogP contribution in [0.2, 0.25) is 10.0 Å². The van der Waals surface area contributed by atoms with Gasteiger partial charge in [-0.25, -0.2) is 9.69 Å². The van der Waals surface area contributed by atoms with Crippen LogP contribution in [0.3, 0.4) is 0 Å². The maximum Gasteiger partial charge on any atom is 0.332 e. The molecule has 8 heteroatoms. The second kappa shape index (κ2) is 7.54. The second-order valence-corrected chi connectivity index (χ2v) is 7.89. The van der Waals surface area contributed by atoms with Crippen LogP contribution in [0.15, 0.2) is 42.5 Å². The molecule has 2 aromatic carbocycles. The fourth-order valence-electron chi connectivity index (χ4n) is 3.91. The van der Waals surface area contributed by atoms with Gasteiger partial charge in [-0.15, -0.1) is 0 Å². The van der Waals surface area contributed by atoms with Crippen LogP contribution in [-0.4, -0.2) is 29.3 Å². The molecule has 4 amide bonds. The fraction of sp³-hybridized carbons (Fsp3) is 0.190. The number of carbonyl (C=O) groups is 3. The summed E-state index contributed by atoms with van der Waals surface area (Å²) in [5, 5.41) is 0.712. The first kappa shape index (κ1) is 19.5. The molecule has 1 aliphatic heterocycles. The van der Waals surface area contributed by atoms with E-state index in [1.54, 1.807) is 29.2 Å². The summed E-state index contributed by atoms with van der Waals surface area (Å²) in [6.45, 7) is -0.00357. The Kier molecular flexibility index (Phi) is 5.06. The quantitative estimate of drug-likeness (QED) is 0.589. The molecule has 148 valence electrons. The van der Waals surface area contributed by atoms with Gasteiger partial charge in [0.25, 0.3) is 5.91 Å². The van der Waals surface area contributed by atoms with Gasteiger partial charge < -0.3 is 10.6 Å². The number of hydrogen-bond donors (Lipinski definition) is 1. The molecule has 2 aliphatic rings. The Morgan fingerprint density at radius 2 is 1.83 bits per heavy atom. The number of amides is 4. The van der Waals surface area contributed by atoms with E-state index in [-0.39, 0.29) is 24.5 Å². The molecule has 1 saturated heterocycles. The van der Waals surface area contributed by atoms with Gasteiger partial charge >= 0.3 is 6.03 Å². The number of fused-ring (bicyclic) bond motifs is 1. The van der Waals surface area contributed by atoms with Gasteiger partial charge in [-0.2, -0.15) is 0 Å². The van der Waals surface area contributed by atoms with E-state index >= 15 is 0 Å². The van der Waals surface area contributed by atoms with Crippen molar-refractivity contribution in [2.45, 2.75) is 18.9 Å². The first-order chi connectivity index (χ1) is 13.8. The number of nitrogens with two attached hydrogens (primary N) is 1. The van der Waals surface area contributed by atoms with Crippen LogP contribution < -0.4 is 10.6 Å². The van der Waals surface area contributed by atoms with E-state index in [1.165, 1.54) is 6.08 Å². The highest BCUT2D eigenvalue weighted by molar-refractivity contribution is 6.35. The van der Waals surface area contributed by atoms with Crippen LogP contribution in [0.1, 0.15) is 29.2 Å². The third kappa shape index (κ3) is 3.73. The van der Waals surface area contributed by atoms with Gasteiger partial charge in [0, 0.05) is 16.1 Å². The average molecular weight is 430 g/mol. The van der Waals surface area contributed by atoms with Crippen molar-refractivity contribution in [1.29, 1.82) is 0 Å². The molecule has 1 heterocycles. The van der Waals surface area contributed by atoms with Gasteiger partial charge in [0.05, 0.1) is 11.7 Å². The highest BCUT2D eigenvalue weighted by Gasteiger charge is 2.43. The molecule has 2 N–H and O–H groups in total. The summed E-state index contributed by atoms with van der Waals surface area (Å²) in [6, 6.07) is 9.86. The van der Waals surface area contributed by atoms with E-state index in [0.29, 0.717) is 15.7 Å². The van der Waals surface area contributed by atoms with E-state index in [2.05, 4.69) is 0 Å². The van der Waals surface area contributed by atoms with E-state index in [1.807, 2.05) is 18.2 Å². The molecule has 0 saturated carbocycles. The van der Waals surface area contributed by atoms with Crippen LogP contribution in [-0.2, 0) is 16.0 Å². The maximum atomic E-state index is 13.1. The second-order valence-electron chi connectivity index (χ2n) is 7.02. The molecule has 0 spiro atoms. The number of anilines is 1. The molecule has 1 unspecified atom stereocenters. The van der Waals surface area contributed by atoms with Gasteiger partial charge in [0.15, 0.2) is 0 Å². The molecular weight excluding hydrogens is 413 g/mol. The number of aryl methyl sites for hydroxylation is 1. The number of benzene rings is 2. The topological polar surface area (TPSA) is 83.7 Å². The zero-order valence-electron chi connectivity index (χ0n) is 15.3. The van der Waals surface area contributed by atoms with Crippen molar-refractivity contribution in [2.24, 2.45) is 5.73 Å². The van der Waals surface area contributed by atoms with E-state index in [9.17, 15) is 14.4 Å². The Bertz CT molecular complexity index is 1050. The summed E-state index contributed by atoms with van der Waals surface area (Å²) >= 11 is 12.1. The SMILES string of the molecule is NC(=O)/C=C/c1ccc2c(c1)CCC2N1CC(=O)N(c2cc(Cl)cc(Cl)c2)C1=O. The molecule has 1 fully saturated rings. The molecule has 6 nitrogen and oxygen atoms in total. The van der Waals surface area contributed by atoms with Crippen molar-refractivity contribution in [3.63, 3.8) is 0 Å². The summed E-state index contributed by atoms with van der Waals surface area (Å²) < 4.78 is 0. The highest BCUT2D eigenvalue weighted by atomic mass is 35.5. The number of carbonyl (C=O) groups excluding carboxylic acids is 3. The Morgan fingerprint density at radius 3 is 2.52 bits per heavy atom. The van der Waals surface area contributed by atoms with Crippen molar-refractivity contribution in [2.75, 3.05) is 11.4 Å². The van der Waals surface area contributed by atoms with Crippen LogP contribution in [0.5, 0.6) is 0 Å². The lowest BCUT2D eigenvalue weighted by molar-refractivity contribution is -0.117. The lowest BCUT2D eigenvalue weighted by Crippen LogP contribution is -2.34. The molecule has 29 heavy (non-hydrogen) atoms. The Hall–Kier alpha value is -2.83. The predicted molar refractivity (Wildman–Crippen MR) is 112 cm³/mol. The number of primary amides is 1. The van der Waals surface area contributed by atoms with Crippen LogP contribution in [0.25, 0.3) is 6.08 Å². The van der Waals surface area contributed by atoms with Gasteiger partial charge in [-0.3, -0.25) is 9.59 Å². The number of imide groups is 1. The predicted octanol–water partition coefficient (Wildman–Crippen LogP) is 3.95. The molecule has 0 radical (unpaired) electrons. The number of urea groups is 1. The lowest BCUT2D eigenvalue weighted by atomic mass is 10.0. The van der Waals surface area contributed by atoms with Crippen molar-refractivity contribution in [3.8, 4) is 0 Å². The smallest absolute Gasteiger partial charge is 0.332 e. The minimum absolute atomic E-state index is 0.00357. The molecule has 4 rings (SSSR count). The normalized spacial score (nSPS) is 18.8. The minimum atomic E-state index is -0.509. The number of rotatable bonds is 4. The molecule has 1 aliphatic carbocycles. The van der Waals surface area contributed by atoms with Gasteiger partial charge in [-0.05, 0) is 53.8 Å². The minimum Gasteiger partial charge on any atom is -0.366 e. The first-order valence-electron chi connectivity index (χ1n) is 9.03. The summed E-state index contributed by atoms with van der Waals surface area (Å²) in [7, 11) is 0. The van der Waals surface area contributed by atoms with Crippen LogP contribution in [0, 0.1) is 0 Å². The monoisotopic (exact) mass is 429 g/mol. The summed E-state index contributed by atoms with van der Waals surface area (Å²) in [4.78, 5) is 39.3. The molecule has 0 bridgehead atoms. The van der Waals surface area contributed by atoms with Crippen molar-refractivity contribution in [3.05, 3.63) is 69.2 Å². The van der Waals surface area contributed by atoms with Gasteiger partial charge in [0.2, 0.25) is 5.91 Å². The van der Waals surface area contributed by atoms with Crippen molar-refractivity contribution < 1.29 is 14.4 Å². The van der Waals surface area contributed by atoms with Gasteiger partial charge in [0.1, 0.15) is 6.54 Å². The first-order valence-corrected chi connectivity index (χ1v) is 9.79. The third-order valence-corrected chi connectivity index (χ3v) is 5.56. The maximum absolute atomic E-state index is 13.1. The standard InChI is InChI=1S/C21H17Cl2N3O3/c22-14-8-15(23)10-16(9-14)26-20(28)11-25(21(26)29)18-5-3-13-7-12(1-4-17(13)18)2-6-19(24)27/h1-2,4,6-10,18H,3,5,11H2,(H2,24,27)/b6-2+. The zero-order chi connectivity index (χ0) is 20.7. The third-order valence-electron chi connectivity index (χ3n) is 5.13. The largest absolute Gasteiger partial charge is 0.366 e. The van der Waals surface area contributed by atoms with Crippen LogP contribution >= 0.6 is 23.2 Å². The van der Waals surface area contributed by atoms with Crippen LogP contribution in [0.4, 0.5) is 10.5 Å². The molecular formula is C21H17Cl2N3O3. The average Bonchev–Trinajstić information content (AvgIpc) is 3.19. The van der Waals surface area contributed by atoms with Crippen molar-refractivity contribution in [1.82, 2.24) is 4.90 Å². The summed E-state index contributed by atoms with van der Waals surface area (Å²) in [5.41, 5.74) is 8.47. The molecule has 2 aromatic rings. The lowest BCUT2D eigenvalue weighted by Gasteiger charge is -2.24. The Morgan fingerprint density at radius 1 is 1.10 bits per heavy atom.